The van der Waals surface area contributed by atoms with Gasteiger partial charge < -0.3 is 16.0 Å². The van der Waals surface area contributed by atoms with E-state index >= 15 is 0 Å². The van der Waals surface area contributed by atoms with Gasteiger partial charge in [-0.2, -0.15) is 0 Å². The van der Waals surface area contributed by atoms with E-state index in [2.05, 4.69) is 40.0 Å². The van der Waals surface area contributed by atoms with Crippen molar-refractivity contribution in [2.24, 2.45) is 0 Å². The number of rotatable bonds is 7. The Labute approximate surface area is 123 Å². The van der Waals surface area contributed by atoms with Gasteiger partial charge in [-0.25, -0.2) is 0 Å². The summed E-state index contributed by atoms with van der Waals surface area (Å²) >= 11 is 3.36. The van der Waals surface area contributed by atoms with Crippen molar-refractivity contribution in [1.29, 1.82) is 0 Å². The van der Waals surface area contributed by atoms with E-state index in [1.54, 1.807) is 18.2 Å². The molecule has 106 valence electrons. The summed E-state index contributed by atoms with van der Waals surface area (Å²) in [6.07, 6.45) is 1.13. The van der Waals surface area contributed by atoms with Crippen molar-refractivity contribution in [3.8, 4) is 0 Å². The predicted molar refractivity (Wildman–Crippen MR) is 83.3 cm³/mol. The lowest BCUT2D eigenvalue weighted by Gasteiger charge is -2.19. The van der Waals surface area contributed by atoms with E-state index in [0.717, 1.165) is 30.5 Å². The second-order valence-corrected chi connectivity index (χ2v) is 5.28. The lowest BCUT2D eigenvalue weighted by Crippen LogP contribution is -2.35. The van der Waals surface area contributed by atoms with Crippen LogP contribution in [0.5, 0.6) is 0 Å². The van der Waals surface area contributed by atoms with Crippen molar-refractivity contribution >= 4 is 27.5 Å². The van der Waals surface area contributed by atoms with E-state index in [1.165, 1.54) is 0 Å². The number of likely N-dealkylation sites (N-methyl/N-ethyl adjacent to an activating group) is 1. The number of hydrogen-bond donors (Lipinski definition) is 2. The van der Waals surface area contributed by atoms with Gasteiger partial charge in [-0.05, 0) is 53.6 Å². The maximum absolute atomic E-state index is 12.0. The fraction of sp³-hybridized carbons (Fsp3) is 0.500. The van der Waals surface area contributed by atoms with Gasteiger partial charge in [-0.3, -0.25) is 4.79 Å². The van der Waals surface area contributed by atoms with Crippen LogP contribution in [0.25, 0.3) is 0 Å². The van der Waals surface area contributed by atoms with E-state index < -0.39 is 0 Å². The zero-order chi connectivity index (χ0) is 14.3. The van der Waals surface area contributed by atoms with Gasteiger partial charge in [0.1, 0.15) is 0 Å². The van der Waals surface area contributed by atoms with E-state index in [4.69, 9.17) is 5.73 Å². The smallest absolute Gasteiger partial charge is 0.252 e. The van der Waals surface area contributed by atoms with Crippen molar-refractivity contribution in [2.75, 3.05) is 31.9 Å². The van der Waals surface area contributed by atoms with E-state index in [1.807, 2.05) is 0 Å². The van der Waals surface area contributed by atoms with Crippen LogP contribution in [0.2, 0.25) is 0 Å². The number of hydrogen-bond acceptors (Lipinski definition) is 3. The summed E-state index contributed by atoms with van der Waals surface area (Å²) in [5, 5.41) is 2.92. The Balaban J connectivity index is 2.49. The van der Waals surface area contributed by atoms with Gasteiger partial charge in [0.15, 0.2) is 0 Å². The number of nitrogens with two attached hydrogens (primary N) is 1. The third-order valence-corrected chi connectivity index (χ3v) is 3.63. The highest BCUT2D eigenvalue weighted by atomic mass is 79.9. The summed E-state index contributed by atoms with van der Waals surface area (Å²) in [7, 11) is 0. The van der Waals surface area contributed by atoms with E-state index in [9.17, 15) is 4.79 Å². The van der Waals surface area contributed by atoms with Crippen molar-refractivity contribution < 1.29 is 4.79 Å². The van der Waals surface area contributed by atoms with Crippen LogP contribution in [0.3, 0.4) is 0 Å². The number of carbonyl (C=O) groups is 1. The Bertz CT molecular complexity index is 423. The summed E-state index contributed by atoms with van der Waals surface area (Å²) < 4.78 is 0.764. The van der Waals surface area contributed by atoms with Gasteiger partial charge in [0.05, 0.1) is 5.56 Å². The molecule has 0 unspecified atom stereocenters. The van der Waals surface area contributed by atoms with Crippen molar-refractivity contribution in [3.05, 3.63) is 28.2 Å². The maximum atomic E-state index is 12.0. The molecule has 0 heterocycles. The molecule has 1 aromatic rings. The van der Waals surface area contributed by atoms with Gasteiger partial charge in [0.2, 0.25) is 0 Å². The predicted octanol–water partition coefficient (Wildman–Crippen LogP) is 2.49. The van der Waals surface area contributed by atoms with Gasteiger partial charge in [-0.15, -0.1) is 0 Å². The fourth-order valence-corrected chi connectivity index (χ4v) is 2.31. The molecule has 1 amide bonds. The third kappa shape index (κ3) is 5.20. The topological polar surface area (TPSA) is 58.4 Å². The highest BCUT2D eigenvalue weighted by Gasteiger charge is 2.10. The molecule has 0 radical (unpaired) electrons. The number of amides is 1. The molecule has 4 nitrogen and oxygen atoms in total. The average Bonchev–Trinajstić information content (AvgIpc) is 2.40. The molecule has 0 aromatic heterocycles. The number of nitrogens with zero attached hydrogens (tertiary/aromatic N) is 1. The molecule has 0 fully saturated rings. The molecule has 0 saturated carbocycles. The van der Waals surface area contributed by atoms with Gasteiger partial charge in [0.25, 0.3) is 5.91 Å². The maximum Gasteiger partial charge on any atom is 0.252 e. The highest BCUT2D eigenvalue weighted by molar-refractivity contribution is 9.10. The molecule has 5 heteroatoms. The summed E-state index contributed by atoms with van der Waals surface area (Å²) in [5.74, 6) is -0.0910. The molecule has 0 aliphatic carbocycles. The second-order valence-electron chi connectivity index (χ2n) is 4.43. The van der Waals surface area contributed by atoms with Crippen LogP contribution in [-0.2, 0) is 0 Å². The van der Waals surface area contributed by atoms with Crippen molar-refractivity contribution in [1.82, 2.24) is 10.2 Å². The van der Waals surface area contributed by atoms with Crippen LogP contribution in [0.1, 0.15) is 30.6 Å². The minimum absolute atomic E-state index is 0.0910. The number of benzene rings is 1. The fourth-order valence-electron chi connectivity index (χ4n) is 1.88. The molecule has 1 rings (SSSR count). The first-order valence-corrected chi connectivity index (χ1v) is 7.43. The minimum Gasteiger partial charge on any atom is -0.399 e. The van der Waals surface area contributed by atoms with Crippen LogP contribution < -0.4 is 11.1 Å². The second kappa shape index (κ2) is 8.17. The number of carbonyl (C=O) groups excluding carboxylic acids is 1. The molecule has 0 bridgehead atoms. The molecule has 19 heavy (non-hydrogen) atoms. The molecule has 0 atom stereocenters. The van der Waals surface area contributed by atoms with Crippen LogP contribution >= 0.6 is 15.9 Å². The van der Waals surface area contributed by atoms with E-state index in [0.29, 0.717) is 17.8 Å². The zero-order valence-corrected chi connectivity index (χ0v) is 13.2. The molecule has 3 N–H and O–H groups in total. The Morgan fingerprint density at radius 1 is 1.37 bits per heavy atom. The van der Waals surface area contributed by atoms with Crippen LogP contribution in [0, 0.1) is 0 Å². The van der Waals surface area contributed by atoms with Gasteiger partial charge >= 0.3 is 0 Å². The lowest BCUT2D eigenvalue weighted by molar-refractivity contribution is 0.0948. The standard InChI is InChI=1S/C14H22BrN3O/c1-3-8-18(4-2)9-7-17-14(19)12-10-11(16)5-6-13(12)15/h5-6,10H,3-4,7-9,16H2,1-2H3,(H,17,19). The van der Waals surface area contributed by atoms with E-state index in [-0.39, 0.29) is 5.91 Å². The summed E-state index contributed by atoms with van der Waals surface area (Å²) in [6.45, 7) is 7.88. The molecule has 0 aliphatic heterocycles. The quantitative estimate of drug-likeness (QED) is 0.756. The number of anilines is 1. The SMILES string of the molecule is CCCN(CC)CCNC(=O)c1cc(N)ccc1Br. The number of nitrogens with one attached hydrogen (secondary N) is 1. The molecular weight excluding hydrogens is 306 g/mol. The number of halogens is 1. The Kier molecular flexibility index (Phi) is 6.87. The molecule has 1 aromatic carbocycles. The third-order valence-electron chi connectivity index (χ3n) is 2.94. The molecule has 0 saturated heterocycles. The van der Waals surface area contributed by atoms with Crippen molar-refractivity contribution in [3.63, 3.8) is 0 Å². The Hall–Kier alpha value is -1.07. The van der Waals surface area contributed by atoms with Gasteiger partial charge in [-0.1, -0.05) is 13.8 Å². The molecule has 0 aliphatic rings. The molecular formula is C14H22BrN3O. The first-order valence-electron chi connectivity index (χ1n) is 6.64. The first kappa shape index (κ1) is 16.0. The largest absolute Gasteiger partial charge is 0.399 e. The Morgan fingerprint density at radius 3 is 2.74 bits per heavy atom. The number of nitrogen functional groups attached to an aromatic ring is 1. The van der Waals surface area contributed by atoms with Crippen LogP contribution in [0.15, 0.2) is 22.7 Å². The Morgan fingerprint density at radius 2 is 2.11 bits per heavy atom. The van der Waals surface area contributed by atoms with Gasteiger partial charge in [0, 0.05) is 23.2 Å². The molecule has 0 spiro atoms. The first-order chi connectivity index (χ1) is 9.08. The van der Waals surface area contributed by atoms with Crippen LogP contribution in [-0.4, -0.2) is 37.0 Å². The summed E-state index contributed by atoms with van der Waals surface area (Å²) in [6, 6.07) is 5.24. The highest BCUT2D eigenvalue weighted by Crippen LogP contribution is 2.19. The zero-order valence-electron chi connectivity index (χ0n) is 11.6. The lowest BCUT2D eigenvalue weighted by atomic mass is 10.2. The normalized spacial score (nSPS) is 10.7. The van der Waals surface area contributed by atoms with Crippen molar-refractivity contribution in [2.45, 2.75) is 20.3 Å². The summed E-state index contributed by atoms with van der Waals surface area (Å²) in [5.41, 5.74) is 6.87. The summed E-state index contributed by atoms with van der Waals surface area (Å²) in [4.78, 5) is 14.3. The minimum atomic E-state index is -0.0910. The average molecular weight is 328 g/mol. The van der Waals surface area contributed by atoms with Crippen LogP contribution in [0.4, 0.5) is 5.69 Å². The monoisotopic (exact) mass is 327 g/mol.